The first-order valence-electron chi connectivity index (χ1n) is 6.50. The lowest BCUT2D eigenvalue weighted by atomic mass is 10.1. The van der Waals surface area contributed by atoms with E-state index in [1.165, 1.54) is 0 Å². The van der Waals surface area contributed by atoms with E-state index in [0.29, 0.717) is 16.9 Å². The number of nitrogens with one attached hydrogen (secondary N) is 1. The Labute approximate surface area is 112 Å². The van der Waals surface area contributed by atoms with Crippen molar-refractivity contribution in [1.29, 1.82) is 0 Å². The Balaban J connectivity index is 2.28. The predicted octanol–water partition coefficient (Wildman–Crippen LogP) is 1.57. The summed E-state index contributed by atoms with van der Waals surface area (Å²) in [5.74, 6) is 0.786. The molecule has 102 valence electrons. The average Bonchev–Trinajstić information content (AvgIpc) is 2.43. The molecule has 0 bridgehead atoms. The van der Waals surface area contributed by atoms with E-state index in [1.54, 1.807) is 12.3 Å². The van der Waals surface area contributed by atoms with Crippen LogP contribution >= 0.6 is 0 Å². The number of nitrogens with zero attached hydrogens (tertiary/aromatic N) is 3. The predicted molar refractivity (Wildman–Crippen MR) is 75.8 cm³/mol. The van der Waals surface area contributed by atoms with Gasteiger partial charge in [0.15, 0.2) is 5.82 Å². The van der Waals surface area contributed by atoms with Crippen LogP contribution in [0.2, 0.25) is 0 Å². The number of anilines is 2. The van der Waals surface area contributed by atoms with Gasteiger partial charge >= 0.3 is 0 Å². The van der Waals surface area contributed by atoms with Crippen molar-refractivity contribution in [1.82, 2.24) is 15.0 Å². The highest BCUT2D eigenvalue weighted by Crippen LogP contribution is 2.19. The van der Waals surface area contributed by atoms with Crippen molar-refractivity contribution in [2.45, 2.75) is 32.2 Å². The molecule has 0 saturated heterocycles. The van der Waals surface area contributed by atoms with Crippen LogP contribution in [0.25, 0.3) is 11.0 Å². The molecule has 0 aromatic carbocycles. The van der Waals surface area contributed by atoms with E-state index in [2.05, 4.69) is 27.2 Å². The van der Waals surface area contributed by atoms with Crippen LogP contribution in [0, 0.1) is 0 Å². The maximum atomic E-state index is 9.40. The van der Waals surface area contributed by atoms with Gasteiger partial charge in [0.05, 0.1) is 18.2 Å². The van der Waals surface area contributed by atoms with Crippen molar-refractivity contribution in [2.24, 2.45) is 0 Å². The van der Waals surface area contributed by atoms with Gasteiger partial charge in [-0.25, -0.2) is 4.98 Å². The Kier molecular flexibility index (Phi) is 4.46. The zero-order valence-electron chi connectivity index (χ0n) is 11.0. The van der Waals surface area contributed by atoms with E-state index >= 15 is 0 Å². The van der Waals surface area contributed by atoms with Crippen LogP contribution in [-0.4, -0.2) is 32.7 Å². The van der Waals surface area contributed by atoms with Gasteiger partial charge in [0.25, 0.3) is 0 Å². The molecule has 2 aromatic rings. The van der Waals surface area contributed by atoms with Gasteiger partial charge in [0.1, 0.15) is 5.52 Å². The average molecular weight is 261 g/mol. The van der Waals surface area contributed by atoms with Crippen LogP contribution in [0.4, 0.5) is 11.8 Å². The van der Waals surface area contributed by atoms with E-state index in [1.807, 2.05) is 6.07 Å². The number of nitrogen functional groups attached to an aromatic ring is 1. The molecule has 0 amide bonds. The van der Waals surface area contributed by atoms with Gasteiger partial charge in [-0.3, -0.25) is 4.98 Å². The lowest BCUT2D eigenvalue weighted by molar-refractivity contribution is 0.267. The minimum Gasteiger partial charge on any atom is -0.394 e. The summed E-state index contributed by atoms with van der Waals surface area (Å²) in [7, 11) is 0. The number of aromatic nitrogens is 3. The van der Waals surface area contributed by atoms with Crippen LogP contribution < -0.4 is 11.1 Å². The van der Waals surface area contributed by atoms with Crippen molar-refractivity contribution >= 4 is 22.8 Å². The molecular formula is C13H19N5O. The maximum absolute atomic E-state index is 9.40. The van der Waals surface area contributed by atoms with E-state index < -0.39 is 0 Å². The Morgan fingerprint density at radius 3 is 3.00 bits per heavy atom. The fourth-order valence-electron chi connectivity index (χ4n) is 1.94. The largest absolute Gasteiger partial charge is 0.394 e. The van der Waals surface area contributed by atoms with Crippen LogP contribution in [0.15, 0.2) is 18.3 Å². The minimum absolute atomic E-state index is 0.0422. The Hall–Kier alpha value is -1.95. The molecule has 1 unspecified atom stereocenters. The summed E-state index contributed by atoms with van der Waals surface area (Å²) in [4.78, 5) is 12.6. The van der Waals surface area contributed by atoms with Gasteiger partial charge in [0, 0.05) is 6.20 Å². The number of aliphatic hydroxyl groups excluding tert-OH is 1. The molecule has 0 spiro atoms. The third-order valence-electron chi connectivity index (χ3n) is 2.94. The van der Waals surface area contributed by atoms with Crippen molar-refractivity contribution in [3.8, 4) is 0 Å². The molecule has 0 saturated carbocycles. The third-order valence-corrected chi connectivity index (χ3v) is 2.94. The molecule has 4 N–H and O–H groups in total. The SMILES string of the molecule is CCCCC(CO)Nc1nc(N)nc2cccnc12. The highest BCUT2D eigenvalue weighted by molar-refractivity contribution is 5.85. The second kappa shape index (κ2) is 6.29. The monoisotopic (exact) mass is 261 g/mol. The van der Waals surface area contributed by atoms with E-state index in [0.717, 1.165) is 19.3 Å². The topological polar surface area (TPSA) is 97.0 Å². The molecular weight excluding hydrogens is 242 g/mol. The first-order chi connectivity index (χ1) is 9.24. The summed E-state index contributed by atoms with van der Waals surface area (Å²) < 4.78 is 0. The van der Waals surface area contributed by atoms with E-state index in [9.17, 15) is 5.11 Å². The molecule has 0 aliphatic rings. The number of unbranched alkanes of at least 4 members (excludes halogenated alkanes) is 1. The molecule has 2 rings (SSSR count). The molecule has 6 heteroatoms. The zero-order chi connectivity index (χ0) is 13.7. The summed E-state index contributed by atoms with van der Waals surface area (Å²) in [6.45, 7) is 2.17. The minimum atomic E-state index is -0.0422. The summed E-state index contributed by atoms with van der Waals surface area (Å²) in [5, 5.41) is 12.6. The Bertz CT molecular complexity index is 546. The fourth-order valence-corrected chi connectivity index (χ4v) is 1.94. The normalized spacial score (nSPS) is 12.5. The highest BCUT2D eigenvalue weighted by Gasteiger charge is 2.12. The van der Waals surface area contributed by atoms with Gasteiger partial charge in [-0.2, -0.15) is 4.98 Å². The van der Waals surface area contributed by atoms with E-state index in [4.69, 9.17) is 5.73 Å². The van der Waals surface area contributed by atoms with Crippen LogP contribution in [0.1, 0.15) is 26.2 Å². The van der Waals surface area contributed by atoms with Gasteiger partial charge < -0.3 is 16.2 Å². The number of hydrogen-bond donors (Lipinski definition) is 3. The summed E-state index contributed by atoms with van der Waals surface area (Å²) >= 11 is 0. The number of hydrogen-bond acceptors (Lipinski definition) is 6. The van der Waals surface area contributed by atoms with Gasteiger partial charge in [-0.15, -0.1) is 0 Å². The molecule has 1 atom stereocenters. The Morgan fingerprint density at radius 2 is 2.26 bits per heavy atom. The molecule has 6 nitrogen and oxygen atoms in total. The fraction of sp³-hybridized carbons (Fsp3) is 0.462. The van der Waals surface area contributed by atoms with Crippen LogP contribution in [0.5, 0.6) is 0 Å². The maximum Gasteiger partial charge on any atom is 0.222 e. The molecule has 2 heterocycles. The van der Waals surface area contributed by atoms with E-state index in [-0.39, 0.29) is 18.6 Å². The summed E-state index contributed by atoms with van der Waals surface area (Å²) in [6.07, 6.45) is 4.70. The van der Waals surface area contributed by atoms with Gasteiger partial charge in [0.2, 0.25) is 5.95 Å². The molecule has 0 aliphatic carbocycles. The molecule has 19 heavy (non-hydrogen) atoms. The zero-order valence-corrected chi connectivity index (χ0v) is 11.0. The van der Waals surface area contributed by atoms with Crippen molar-refractivity contribution < 1.29 is 5.11 Å². The number of nitrogens with two attached hydrogens (primary N) is 1. The standard InChI is InChI=1S/C13H19N5O/c1-2-3-5-9(8-19)16-12-11-10(6-4-7-15-11)17-13(14)18-12/h4,6-7,9,19H,2-3,5,8H2,1H3,(H3,14,16,17,18). The quantitative estimate of drug-likeness (QED) is 0.730. The number of aliphatic hydroxyl groups is 1. The lowest BCUT2D eigenvalue weighted by Gasteiger charge is -2.17. The third kappa shape index (κ3) is 3.29. The molecule has 0 aliphatic heterocycles. The first kappa shape index (κ1) is 13.5. The van der Waals surface area contributed by atoms with Crippen molar-refractivity contribution in [3.05, 3.63) is 18.3 Å². The van der Waals surface area contributed by atoms with Crippen LogP contribution in [-0.2, 0) is 0 Å². The second-order valence-electron chi connectivity index (χ2n) is 4.47. The number of fused-ring (bicyclic) bond motifs is 1. The molecule has 0 fully saturated rings. The smallest absolute Gasteiger partial charge is 0.222 e. The number of pyridine rings is 1. The summed E-state index contributed by atoms with van der Waals surface area (Å²) in [5.41, 5.74) is 7.06. The molecule has 0 radical (unpaired) electrons. The number of rotatable bonds is 6. The Morgan fingerprint density at radius 1 is 1.42 bits per heavy atom. The van der Waals surface area contributed by atoms with Gasteiger partial charge in [-0.1, -0.05) is 19.8 Å². The van der Waals surface area contributed by atoms with Crippen molar-refractivity contribution in [2.75, 3.05) is 17.7 Å². The molecule has 2 aromatic heterocycles. The first-order valence-corrected chi connectivity index (χ1v) is 6.50. The van der Waals surface area contributed by atoms with Gasteiger partial charge in [-0.05, 0) is 18.6 Å². The highest BCUT2D eigenvalue weighted by atomic mass is 16.3. The van der Waals surface area contributed by atoms with Crippen molar-refractivity contribution in [3.63, 3.8) is 0 Å². The second-order valence-corrected chi connectivity index (χ2v) is 4.47. The lowest BCUT2D eigenvalue weighted by Crippen LogP contribution is -2.24. The van der Waals surface area contributed by atoms with Crippen LogP contribution in [0.3, 0.4) is 0 Å². The summed E-state index contributed by atoms with van der Waals surface area (Å²) in [6, 6.07) is 3.60.